The second-order valence-corrected chi connectivity index (χ2v) is 3.18. The number of hydrogen-bond acceptors (Lipinski definition) is 3. The van der Waals surface area contributed by atoms with Crippen LogP contribution >= 0.6 is 0 Å². The molecule has 3 heteroatoms. The van der Waals surface area contributed by atoms with Crippen molar-refractivity contribution in [2.24, 2.45) is 0 Å². The summed E-state index contributed by atoms with van der Waals surface area (Å²) in [6.07, 6.45) is 1.26. The monoisotopic (exact) mass is 157 g/mol. The van der Waals surface area contributed by atoms with Gasteiger partial charge in [-0.2, -0.15) is 0 Å². The Morgan fingerprint density at radius 1 is 1.64 bits per heavy atom. The Bertz CT molecular complexity index is 165. The number of aliphatic hydroxyl groups excluding tert-OH is 1. The summed E-state index contributed by atoms with van der Waals surface area (Å²) < 4.78 is 5.35. The third-order valence-corrected chi connectivity index (χ3v) is 1.65. The van der Waals surface area contributed by atoms with Crippen molar-refractivity contribution in [1.29, 1.82) is 0 Å². The van der Waals surface area contributed by atoms with E-state index in [9.17, 15) is 5.11 Å². The number of ether oxygens (including phenoxy) is 1. The molecular formula is C8H15NO2. The van der Waals surface area contributed by atoms with Crippen LogP contribution < -0.4 is 0 Å². The standard InChI is InChI=1S/C8H15NO2/c1-6-8(10)4-7(11-6)5-9(2)3/h4,6,8,10H,5H2,1-3H3/t6-,8-/m0/s1. The molecule has 11 heavy (non-hydrogen) atoms. The molecule has 0 saturated carbocycles. The summed E-state index contributed by atoms with van der Waals surface area (Å²) in [6.45, 7) is 2.63. The lowest BCUT2D eigenvalue weighted by Gasteiger charge is -2.13. The maximum atomic E-state index is 9.26. The molecule has 0 amide bonds. The molecule has 0 aliphatic carbocycles. The summed E-state index contributed by atoms with van der Waals surface area (Å²) in [4.78, 5) is 2.01. The Morgan fingerprint density at radius 2 is 2.27 bits per heavy atom. The Kier molecular flexibility index (Phi) is 2.52. The first-order valence-corrected chi connectivity index (χ1v) is 3.79. The molecule has 0 spiro atoms. The molecule has 1 N–H and O–H groups in total. The highest BCUT2D eigenvalue weighted by Gasteiger charge is 2.22. The minimum absolute atomic E-state index is 0.0788. The van der Waals surface area contributed by atoms with Crippen molar-refractivity contribution >= 4 is 0 Å². The van der Waals surface area contributed by atoms with Crippen molar-refractivity contribution in [2.45, 2.75) is 19.1 Å². The summed E-state index contributed by atoms with van der Waals surface area (Å²) in [7, 11) is 3.94. The highest BCUT2D eigenvalue weighted by Crippen LogP contribution is 2.17. The van der Waals surface area contributed by atoms with Gasteiger partial charge < -0.3 is 14.7 Å². The van der Waals surface area contributed by atoms with Gasteiger partial charge in [0.05, 0.1) is 6.54 Å². The maximum Gasteiger partial charge on any atom is 0.125 e. The van der Waals surface area contributed by atoms with E-state index in [1.807, 2.05) is 25.9 Å². The third kappa shape index (κ3) is 2.20. The van der Waals surface area contributed by atoms with Gasteiger partial charge in [0.15, 0.2) is 0 Å². The van der Waals surface area contributed by atoms with E-state index in [4.69, 9.17) is 4.74 Å². The summed E-state index contributed by atoms with van der Waals surface area (Å²) in [6, 6.07) is 0. The van der Waals surface area contributed by atoms with Gasteiger partial charge in [-0.1, -0.05) is 0 Å². The summed E-state index contributed by atoms with van der Waals surface area (Å²) >= 11 is 0. The molecule has 0 aromatic rings. The molecule has 0 fully saturated rings. The van der Waals surface area contributed by atoms with E-state index < -0.39 is 6.10 Å². The fourth-order valence-corrected chi connectivity index (χ4v) is 1.08. The second-order valence-electron chi connectivity index (χ2n) is 3.18. The van der Waals surface area contributed by atoms with E-state index >= 15 is 0 Å². The first-order chi connectivity index (χ1) is 5.09. The first-order valence-electron chi connectivity index (χ1n) is 3.79. The fourth-order valence-electron chi connectivity index (χ4n) is 1.08. The third-order valence-electron chi connectivity index (χ3n) is 1.65. The largest absolute Gasteiger partial charge is 0.491 e. The number of likely N-dealkylation sites (N-methyl/N-ethyl adjacent to an activating group) is 1. The molecule has 0 saturated heterocycles. The summed E-state index contributed by atoms with van der Waals surface area (Å²) in [5, 5.41) is 9.26. The number of aliphatic hydroxyl groups is 1. The predicted octanol–water partition coefficient (Wildman–Crippen LogP) is 0.212. The lowest BCUT2D eigenvalue weighted by molar-refractivity contribution is 0.0596. The molecule has 0 aromatic carbocycles. The van der Waals surface area contributed by atoms with Gasteiger partial charge in [0.25, 0.3) is 0 Å². The van der Waals surface area contributed by atoms with E-state index in [1.54, 1.807) is 6.08 Å². The molecular weight excluding hydrogens is 142 g/mol. The molecule has 3 nitrogen and oxygen atoms in total. The zero-order valence-electron chi connectivity index (χ0n) is 7.24. The van der Waals surface area contributed by atoms with Gasteiger partial charge in [-0.05, 0) is 27.1 Å². The molecule has 1 heterocycles. The second kappa shape index (κ2) is 3.24. The lowest BCUT2D eigenvalue weighted by atomic mass is 10.2. The molecule has 64 valence electrons. The van der Waals surface area contributed by atoms with Crippen LogP contribution in [0.15, 0.2) is 11.8 Å². The average molecular weight is 157 g/mol. The zero-order chi connectivity index (χ0) is 8.43. The highest BCUT2D eigenvalue weighted by atomic mass is 16.5. The highest BCUT2D eigenvalue weighted by molar-refractivity contribution is 5.07. The summed E-state index contributed by atoms with van der Waals surface area (Å²) in [5.74, 6) is 0.870. The smallest absolute Gasteiger partial charge is 0.125 e. The molecule has 0 aromatic heterocycles. The summed E-state index contributed by atoms with van der Waals surface area (Å²) in [5.41, 5.74) is 0. The first kappa shape index (κ1) is 8.56. The van der Waals surface area contributed by atoms with Gasteiger partial charge >= 0.3 is 0 Å². The molecule has 0 bridgehead atoms. The Balaban J connectivity index is 2.43. The SMILES string of the molecule is C[C@@H]1OC(CN(C)C)=C[C@@H]1O. The van der Waals surface area contributed by atoms with Gasteiger partial charge in [0.1, 0.15) is 18.0 Å². The van der Waals surface area contributed by atoms with Crippen LogP contribution in [0.1, 0.15) is 6.92 Å². The molecule has 1 aliphatic heterocycles. The van der Waals surface area contributed by atoms with E-state index in [0.29, 0.717) is 0 Å². The minimum Gasteiger partial charge on any atom is -0.491 e. The van der Waals surface area contributed by atoms with Crippen molar-refractivity contribution < 1.29 is 9.84 Å². The van der Waals surface area contributed by atoms with Crippen LogP contribution in [-0.4, -0.2) is 42.9 Å². The molecule has 0 radical (unpaired) electrons. The Hall–Kier alpha value is -0.540. The van der Waals surface area contributed by atoms with Crippen LogP contribution in [0, 0.1) is 0 Å². The Labute approximate surface area is 67.3 Å². The topological polar surface area (TPSA) is 32.7 Å². The molecule has 2 atom stereocenters. The Morgan fingerprint density at radius 3 is 2.64 bits per heavy atom. The van der Waals surface area contributed by atoms with Crippen molar-refractivity contribution in [3.8, 4) is 0 Å². The van der Waals surface area contributed by atoms with E-state index in [-0.39, 0.29) is 6.10 Å². The van der Waals surface area contributed by atoms with Crippen molar-refractivity contribution in [2.75, 3.05) is 20.6 Å². The van der Waals surface area contributed by atoms with Crippen LogP contribution in [0.2, 0.25) is 0 Å². The maximum absolute atomic E-state index is 9.26. The fraction of sp³-hybridized carbons (Fsp3) is 0.750. The zero-order valence-corrected chi connectivity index (χ0v) is 7.24. The van der Waals surface area contributed by atoms with Crippen LogP contribution in [-0.2, 0) is 4.74 Å². The van der Waals surface area contributed by atoms with Crippen LogP contribution in [0.25, 0.3) is 0 Å². The van der Waals surface area contributed by atoms with Gasteiger partial charge in [-0.3, -0.25) is 0 Å². The molecule has 0 unspecified atom stereocenters. The van der Waals surface area contributed by atoms with Gasteiger partial charge in [-0.25, -0.2) is 0 Å². The van der Waals surface area contributed by atoms with Crippen LogP contribution in [0.4, 0.5) is 0 Å². The van der Waals surface area contributed by atoms with Crippen molar-refractivity contribution in [3.63, 3.8) is 0 Å². The van der Waals surface area contributed by atoms with Gasteiger partial charge in [0, 0.05) is 0 Å². The van der Waals surface area contributed by atoms with E-state index in [2.05, 4.69) is 0 Å². The van der Waals surface area contributed by atoms with E-state index in [0.717, 1.165) is 12.3 Å². The van der Waals surface area contributed by atoms with Gasteiger partial charge in [0.2, 0.25) is 0 Å². The lowest BCUT2D eigenvalue weighted by Crippen LogP contribution is -2.18. The van der Waals surface area contributed by atoms with Crippen molar-refractivity contribution in [3.05, 3.63) is 11.8 Å². The normalized spacial score (nSPS) is 30.5. The quantitative estimate of drug-likeness (QED) is 0.622. The molecule has 1 rings (SSSR count). The number of hydrogen-bond donors (Lipinski definition) is 1. The van der Waals surface area contributed by atoms with Gasteiger partial charge in [-0.15, -0.1) is 0 Å². The average Bonchev–Trinajstić information content (AvgIpc) is 2.10. The van der Waals surface area contributed by atoms with Crippen LogP contribution in [0.5, 0.6) is 0 Å². The van der Waals surface area contributed by atoms with Crippen LogP contribution in [0.3, 0.4) is 0 Å². The van der Waals surface area contributed by atoms with Crippen molar-refractivity contribution in [1.82, 2.24) is 4.90 Å². The number of nitrogens with zero attached hydrogens (tertiary/aromatic N) is 1. The molecule has 1 aliphatic rings. The predicted molar refractivity (Wildman–Crippen MR) is 43.2 cm³/mol. The number of rotatable bonds is 2. The van der Waals surface area contributed by atoms with E-state index in [1.165, 1.54) is 0 Å². The minimum atomic E-state index is -0.426.